The molecular weight excluding hydrogens is 525 g/mol. The number of anilines is 1. The first kappa shape index (κ1) is 27.4. The average Bonchev–Trinajstić information content (AvgIpc) is 3.20. The first-order chi connectivity index (χ1) is 18.8. The Morgan fingerprint density at radius 2 is 1.85 bits per heavy atom. The summed E-state index contributed by atoms with van der Waals surface area (Å²) in [5, 5.41) is 2.90. The number of carbonyl (C=O) groups is 3. The number of aliphatic imine (C=N–C) groups is 1. The van der Waals surface area contributed by atoms with Crippen molar-refractivity contribution in [1.29, 1.82) is 0 Å². The van der Waals surface area contributed by atoms with Crippen molar-refractivity contribution in [3.8, 4) is 11.5 Å². The van der Waals surface area contributed by atoms with Crippen LogP contribution in [0.1, 0.15) is 15.9 Å². The van der Waals surface area contributed by atoms with E-state index in [1.54, 1.807) is 61.7 Å². The highest BCUT2D eigenvalue weighted by molar-refractivity contribution is 8.18. The highest BCUT2D eigenvalue weighted by atomic mass is 32.2. The van der Waals surface area contributed by atoms with Crippen LogP contribution in [0.5, 0.6) is 11.5 Å². The zero-order chi connectivity index (χ0) is 27.9. The number of thioether (sulfide) groups is 1. The van der Waals surface area contributed by atoms with E-state index in [0.29, 0.717) is 38.4 Å². The molecule has 0 atom stereocenters. The zero-order valence-electron chi connectivity index (χ0n) is 21.3. The summed E-state index contributed by atoms with van der Waals surface area (Å²) >= 11 is 1.19. The van der Waals surface area contributed by atoms with Gasteiger partial charge in [0, 0.05) is 7.05 Å². The number of amidine groups is 1. The van der Waals surface area contributed by atoms with Crippen LogP contribution in [0, 0.1) is 5.82 Å². The zero-order valence-corrected chi connectivity index (χ0v) is 22.1. The molecule has 39 heavy (non-hydrogen) atoms. The van der Waals surface area contributed by atoms with Gasteiger partial charge in [0.05, 0.1) is 36.1 Å². The third kappa shape index (κ3) is 6.63. The van der Waals surface area contributed by atoms with E-state index in [1.807, 2.05) is 0 Å². The van der Waals surface area contributed by atoms with Crippen molar-refractivity contribution in [1.82, 2.24) is 4.90 Å². The number of nitrogens with one attached hydrogen (secondary N) is 1. The fourth-order valence-corrected chi connectivity index (χ4v) is 4.51. The molecule has 4 rings (SSSR count). The predicted octanol–water partition coefficient (Wildman–Crippen LogP) is 4.87. The van der Waals surface area contributed by atoms with Crippen molar-refractivity contribution in [3.05, 3.63) is 88.6 Å². The van der Waals surface area contributed by atoms with Crippen LogP contribution in [-0.2, 0) is 14.3 Å². The monoisotopic (exact) mass is 549 g/mol. The molecule has 0 spiro atoms. The van der Waals surface area contributed by atoms with Crippen molar-refractivity contribution in [2.24, 2.45) is 4.99 Å². The van der Waals surface area contributed by atoms with Crippen LogP contribution in [0.25, 0.3) is 6.08 Å². The fraction of sp³-hybridized carbons (Fsp3) is 0.143. The number of carbonyl (C=O) groups excluding carboxylic acids is 3. The summed E-state index contributed by atoms with van der Waals surface area (Å²) in [5.41, 5.74) is 1.57. The number of likely N-dealkylation sites (N-methyl/N-ethyl adjacent to an activating group) is 1. The minimum atomic E-state index is -0.547. The number of hydrogen-bond donors (Lipinski definition) is 1. The van der Waals surface area contributed by atoms with Gasteiger partial charge in [-0.15, -0.1) is 0 Å². The van der Waals surface area contributed by atoms with E-state index in [0.717, 1.165) is 0 Å². The van der Waals surface area contributed by atoms with Crippen molar-refractivity contribution >= 4 is 52.2 Å². The van der Waals surface area contributed by atoms with Crippen LogP contribution in [0.3, 0.4) is 0 Å². The number of rotatable bonds is 8. The molecule has 3 aromatic carbocycles. The predicted molar refractivity (Wildman–Crippen MR) is 147 cm³/mol. The van der Waals surface area contributed by atoms with E-state index in [2.05, 4.69) is 10.3 Å². The maximum atomic E-state index is 13.8. The lowest BCUT2D eigenvalue weighted by atomic mass is 10.2. The molecule has 1 heterocycles. The number of halogens is 1. The molecule has 0 radical (unpaired) electrons. The summed E-state index contributed by atoms with van der Waals surface area (Å²) in [4.78, 5) is 43.2. The number of methoxy groups -OCH3 is 2. The second-order valence-electron chi connectivity index (χ2n) is 8.14. The van der Waals surface area contributed by atoms with Gasteiger partial charge in [0.25, 0.3) is 11.8 Å². The Labute approximate surface area is 228 Å². The average molecular weight is 550 g/mol. The molecule has 0 saturated carbocycles. The van der Waals surface area contributed by atoms with Crippen LogP contribution in [0.4, 0.5) is 15.8 Å². The van der Waals surface area contributed by atoms with E-state index in [4.69, 9.17) is 14.2 Å². The maximum Gasteiger partial charge on any atom is 0.337 e. The molecular formula is C28H24FN3O6S. The molecule has 1 saturated heterocycles. The summed E-state index contributed by atoms with van der Waals surface area (Å²) in [6.45, 7) is -0.360. The molecule has 3 aromatic rings. The molecule has 1 aliphatic heterocycles. The normalized spacial score (nSPS) is 15.0. The number of esters is 1. The molecule has 0 unspecified atom stereocenters. The largest absolute Gasteiger partial charge is 0.493 e. The number of amides is 2. The Hall–Kier alpha value is -4.64. The van der Waals surface area contributed by atoms with Crippen molar-refractivity contribution in [2.75, 3.05) is 33.2 Å². The van der Waals surface area contributed by atoms with Crippen LogP contribution in [-0.4, -0.2) is 55.7 Å². The number of ether oxygens (including phenoxy) is 3. The Morgan fingerprint density at radius 1 is 1.05 bits per heavy atom. The van der Waals surface area contributed by atoms with Gasteiger partial charge in [0.1, 0.15) is 5.82 Å². The maximum absolute atomic E-state index is 13.8. The molecule has 0 aliphatic carbocycles. The van der Waals surface area contributed by atoms with Gasteiger partial charge in [0.15, 0.2) is 23.3 Å². The quantitative estimate of drug-likeness (QED) is 0.316. The Balaban J connectivity index is 1.46. The van der Waals surface area contributed by atoms with Crippen LogP contribution in [0.2, 0.25) is 0 Å². The Morgan fingerprint density at radius 3 is 2.59 bits per heavy atom. The first-order valence-electron chi connectivity index (χ1n) is 11.6. The van der Waals surface area contributed by atoms with Gasteiger partial charge < -0.3 is 19.5 Å². The molecule has 2 amide bonds. The summed E-state index contributed by atoms with van der Waals surface area (Å²) in [7, 11) is 4.37. The number of nitrogens with zero attached hydrogens (tertiary/aromatic N) is 2. The fourth-order valence-electron chi connectivity index (χ4n) is 3.52. The van der Waals surface area contributed by atoms with E-state index in [1.165, 1.54) is 49.1 Å². The van der Waals surface area contributed by atoms with E-state index in [-0.39, 0.29) is 18.2 Å². The van der Waals surface area contributed by atoms with Gasteiger partial charge in [-0.05, 0) is 65.9 Å². The molecule has 1 fully saturated rings. The molecule has 0 bridgehead atoms. The summed E-state index contributed by atoms with van der Waals surface area (Å²) in [6, 6.07) is 17.4. The first-order valence-corrected chi connectivity index (χ1v) is 12.4. The molecule has 200 valence electrons. The topological polar surface area (TPSA) is 107 Å². The van der Waals surface area contributed by atoms with E-state index >= 15 is 0 Å². The molecule has 9 nitrogen and oxygen atoms in total. The van der Waals surface area contributed by atoms with Crippen molar-refractivity contribution in [2.45, 2.75) is 0 Å². The molecule has 1 aliphatic rings. The van der Waals surface area contributed by atoms with Gasteiger partial charge in [-0.1, -0.05) is 24.3 Å². The van der Waals surface area contributed by atoms with Crippen LogP contribution < -0.4 is 14.8 Å². The van der Waals surface area contributed by atoms with Crippen molar-refractivity contribution in [3.63, 3.8) is 0 Å². The molecule has 1 N–H and O–H groups in total. The third-order valence-corrected chi connectivity index (χ3v) is 6.55. The minimum Gasteiger partial charge on any atom is -0.493 e. The molecule has 0 aromatic heterocycles. The smallest absolute Gasteiger partial charge is 0.337 e. The standard InChI is InChI=1S/C28H24FN3O6S/c1-32-26(34)24(39-28(32)30-19-8-6-7-18(15-19)27(35)37-3)14-17-11-12-22(23(13-17)36-2)38-16-25(33)31-21-10-5-4-9-20(21)29/h4-15H,16H2,1-3H3,(H,31,33). The number of para-hydroxylation sites is 1. The lowest BCUT2D eigenvalue weighted by Gasteiger charge is -2.12. The summed E-state index contributed by atoms with van der Waals surface area (Å²) in [6.07, 6.45) is 1.69. The van der Waals surface area contributed by atoms with Gasteiger partial charge in [-0.3, -0.25) is 14.5 Å². The number of benzene rings is 3. The molecule has 11 heteroatoms. The highest BCUT2D eigenvalue weighted by Crippen LogP contribution is 2.35. The highest BCUT2D eigenvalue weighted by Gasteiger charge is 2.30. The minimum absolute atomic E-state index is 0.0582. The Bertz CT molecular complexity index is 1490. The summed E-state index contributed by atoms with van der Waals surface area (Å²) in [5.74, 6) is -1.15. The number of hydrogen-bond acceptors (Lipinski definition) is 8. The van der Waals surface area contributed by atoms with Gasteiger partial charge in [-0.25, -0.2) is 14.2 Å². The second kappa shape index (κ2) is 12.3. The van der Waals surface area contributed by atoms with Gasteiger partial charge in [-0.2, -0.15) is 0 Å². The van der Waals surface area contributed by atoms with Gasteiger partial charge in [0.2, 0.25) is 0 Å². The van der Waals surface area contributed by atoms with Crippen LogP contribution in [0.15, 0.2) is 76.6 Å². The lowest BCUT2D eigenvalue weighted by Crippen LogP contribution is -2.23. The van der Waals surface area contributed by atoms with E-state index in [9.17, 15) is 18.8 Å². The second-order valence-corrected chi connectivity index (χ2v) is 9.15. The lowest BCUT2D eigenvalue weighted by molar-refractivity contribution is -0.121. The third-order valence-electron chi connectivity index (χ3n) is 5.49. The Kier molecular flexibility index (Phi) is 8.62. The van der Waals surface area contributed by atoms with Gasteiger partial charge >= 0.3 is 5.97 Å². The SMILES string of the molecule is COC(=O)c1cccc(N=C2SC(=Cc3ccc(OCC(=O)Nc4ccccc4F)c(OC)c3)C(=O)N2C)c1. The summed E-state index contributed by atoms with van der Waals surface area (Å²) < 4.78 is 29.5. The van der Waals surface area contributed by atoms with Crippen molar-refractivity contribution < 1.29 is 33.0 Å². The van der Waals surface area contributed by atoms with E-state index < -0.39 is 17.7 Å². The van der Waals surface area contributed by atoms with Crippen LogP contribution >= 0.6 is 11.8 Å².